The first-order valence-electron chi connectivity index (χ1n) is 8.69. The maximum Gasteiger partial charge on any atom is 0.185 e. The van der Waals surface area contributed by atoms with Gasteiger partial charge in [0.1, 0.15) is 0 Å². The molecule has 0 bridgehead atoms. The molecule has 0 amide bonds. The molecule has 1 aliphatic carbocycles. The van der Waals surface area contributed by atoms with Crippen LogP contribution in [0.2, 0.25) is 5.02 Å². The number of rotatable bonds is 2. The molecule has 0 N–H and O–H groups in total. The van der Waals surface area contributed by atoms with Crippen LogP contribution in [0.5, 0.6) is 0 Å². The third-order valence-corrected chi connectivity index (χ3v) is 6.27. The van der Waals surface area contributed by atoms with Gasteiger partial charge in [0.05, 0.1) is 17.0 Å². The summed E-state index contributed by atoms with van der Waals surface area (Å²) in [5, 5.41) is 16.0. The van der Waals surface area contributed by atoms with Crippen molar-refractivity contribution in [3.63, 3.8) is 0 Å². The second-order valence-corrected chi connectivity index (χ2v) is 8.16. The van der Waals surface area contributed by atoms with Crippen molar-refractivity contribution in [1.82, 2.24) is 19.8 Å². The molecule has 134 valence electrons. The van der Waals surface area contributed by atoms with Crippen LogP contribution < -0.4 is 0 Å². The van der Waals surface area contributed by atoms with E-state index in [1.165, 1.54) is 4.88 Å². The van der Waals surface area contributed by atoms with Gasteiger partial charge in [-0.05, 0) is 36.1 Å². The summed E-state index contributed by atoms with van der Waals surface area (Å²) in [6.45, 7) is 1.94. The van der Waals surface area contributed by atoms with Gasteiger partial charge in [0.25, 0.3) is 0 Å². The van der Waals surface area contributed by atoms with Gasteiger partial charge in [0.2, 0.25) is 0 Å². The third kappa shape index (κ3) is 2.67. The molecule has 0 fully saturated rings. The van der Waals surface area contributed by atoms with Crippen LogP contribution in [0, 0.1) is 6.92 Å². The number of fused-ring (bicyclic) bond motifs is 3. The first-order valence-corrected chi connectivity index (χ1v) is 9.95. The van der Waals surface area contributed by atoms with E-state index in [2.05, 4.69) is 16.3 Å². The Morgan fingerprint density at radius 2 is 2.07 bits per heavy atom. The minimum absolute atomic E-state index is 0.0292. The molecule has 1 atom stereocenters. The average molecular weight is 395 g/mol. The van der Waals surface area contributed by atoms with E-state index in [1.807, 2.05) is 42.6 Å². The van der Waals surface area contributed by atoms with Crippen LogP contribution in [-0.2, 0) is 6.42 Å². The maximum atomic E-state index is 12.7. The summed E-state index contributed by atoms with van der Waals surface area (Å²) in [6.07, 6.45) is 1.19. The summed E-state index contributed by atoms with van der Waals surface area (Å²) in [5.41, 5.74) is 4.62. The number of ketones is 1. The number of hydrogen-bond donors (Lipinski definition) is 0. The molecular weight excluding hydrogens is 380 g/mol. The zero-order valence-electron chi connectivity index (χ0n) is 14.5. The van der Waals surface area contributed by atoms with Gasteiger partial charge in [-0.25, -0.2) is 4.52 Å². The SMILES string of the molecule is Cc1nn2c3c(nnc2c1-c1cccc(Cl)c1)C(=O)C[C@@H](c1cccs1)C3. The van der Waals surface area contributed by atoms with Crippen molar-refractivity contribution in [2.24, 2.45) is 0 Å². The van der Waals surface area contributed by atoms with Gasteiger partial charge in [-0.3, -0.25) is 4.79 Å². The molecule has 4 aromatic rings. The Morgan fingerprint density at radius 1 is 1.19 bits per heavy atom. The number of aromatic nitrogens is 4. The highest BCUT2D eigenvalue weighted by Gasteiger charge is 2.31. The van der Waals surface area contributed by atoms with E-state index < -0.39 is 0 Å². The lowest BCUT2D eigenvalue weighted by atomic mass is 9.87. The van der Waals surface area contributed by atoms with E-state index in [1.54, 1.807) is 15.9 Å². The molecule has 3 heterocycles. The number of nitrogens with zero attached hydrogens (tertiary/aromatic N) is 4. The van der Waals surface area contributed by atoms with Crippen LogP contribution in [0.4, 0.5) is 0 Å². The normalized spacial score (nSPS) is 16.7. The minimum atomic E-state index is 0.0292. The fourth-order valence-electron chi connectivity index (χ4n) is 3.78. The molecule has 27 heavy (non-hydrogen) atoms. The van der Waals surface area contributed by atoms with Gasteiger partial charge in [0.15, 0.2) is 17.1 Å². The Labute approximate surface area is 164 Å². The van der Waals surface area contributed by atoms with Crippen molar-refractivity contribution in [2.75, 3.05) is 0 Å². The molecule has 0 spiro atoms. The third-order valence-electron chi connectivity index (χ3n) is 5.00. The molecular formula is C20H15ClN4OS. The summed E-state index contributed by atoms with van der Waals surface area (Å²) in [7, 11) is 0. The highest BCUT2D eigenvalue weighted by Crippen LogP contribution is 2.36. The van der Waals surface area contributed by atoms with Crippen LogP contribution >= 0.6 is 22.9 Å². The maximum absolute atomic E-state index is 12.7. The number of benzene rings is 1. The number of halogens is 1. The van der Waals surface area contributed by atoms with Gasteiger partial charge in [-0.1, -0.05) is 29.8 Å². The minimum Gasteiger partial charge on any atom is -0.292 e. The molecule has 0 saturated carbocycles. The monoisotopic (exact) mass is 394 g/mol. The Bertz CT molecular complexity index is 1180. The molecule has 5 nitrogen and oxygen atoms in total. The molecule has 0 radical (unpaired) electrons. The van der Waals surface area contributed by atoms with Gasteiger partial charge in [0, 0.05) is 28.7 Å². The lowest BCUT2D eigenvalue weighted by molar-refractivity contribution is 0.0956. The molecule has 5 rings (SSSR count). The molecule has 1 aliphatic rings. The Morgan fingerprint density at radius 3 is 2.85 bits per heavy atom. The average Bonchev–Trinajstić information content (AvgIpc) is 3.28. The van der Waals surface area contributed by atoms with E-state index >= 15 is 0 Å². The number of thiophene rings is 1. The van der Waals surface area contributed by atoms with E-state index in [0.717, 1.165) is 28.9 Å². The van der Waals surface area contributed by atoms with E-state index in [0.29, 0.717) is 22.8 Å². The predicted octanol–water partition coefficient (Wildman–Crippen LogP) is 4.73. The summed E-state index contributed by atoms with van der Waals surface area (Å²) in [6, 6.07) is 11.7. The Kier molecular flexibility index (Phi) is 3.84. The lowest BCUT2D eigenvalue weighted by Crippen LogP contribution is -2.23. The van der Waals surface area contributed by atoms with Gasteiger partial charge in [-0.2, -0.15) is 5.10 Å². The quantitative estimate of drug-likeness (QED) is 0.493. The van der Waals surface area contributed by atoms with Crippen molar-refractivity contribution >= 4 is 34.4 Å². The molecule has 1 aromatic carbocycles. The first-order chi connectivity index (χ1) is 13.1. The predicted molar refractivity (Wildman–Crippen MR) is 106 cm³/mol. The summed E-state index contributed by atoms with van der Waals surface area (Å²) >= 11 is 7.85. The molecule has 7 heteroatoms. The smallest absolute Gasteiger partial charge is 0.185 e. The van der Waals surface area contributed by atoms with Crippen molar-refractivity contribution < 1.29 is 4.79 Å². The molecule has 0 saturated heterocycles. The fraction of sp³-hybridized carbons (Fsp3) is 0.200. The van der Waals surface area contributed by atoms with Crippen molar-refractivity contribution in [3.05, 3.63) is 68.8 Å². The van der Waals surface area contributed by atoms with Crippen LogP contribution in [-0.4, -0.2) is 25.6 Å². The van der Waals surface area contributed by atoms with Crippen LogP contribution in [0.3, 0.4) is 0 Å². The Balaban J connectivity index is 1.70. The molecule has 3 aromatic heterocycles. The Hall–Kier alpha value is -2.57. The number of carbonyl (C=O) groups is 1. The lowest BCUT2D eigenvalue weighted by Gasteiger charge is -2.21. The molecule has 0 aliphatic heterocycles. The van der Waals surface area contributed by atoms with E-state index in [-0.39, 0.29) is 11.7 Å². The number of carbonyl (C=O) groups excluding carboxylic acids is 1. The highest BCUT2D eigenvalue weighted by atomic mass is 35.5. The van der Waals surface area contributed by atoms with Crippen LogP contribution in [0.15, 0.2) is 41.8 Å². The van der Waals surface area contributed by atoms with E-state index in [4.69, 9.17) is 16.7 Å². The molecule has 0 unspecified atom stereocenters. The summed E-state index contributed by atoms with van der Waals surface area (Å²) in [5.74, 6) is 0.193. The zero-order valence-corrected chi connectivity index (χ0v) is 16.1. The van der Waals surface area contributed by atoms with Crippen molar-refractivity contribution in [3.8, 4) is 11.1 Å². The summed E-state index contributed by atoms with van der Waals surface area (Å²) in [4.78, 5) is 13.9. The van der Waals surface area contributed by atoms with Crippen molar-refractivity contribution in [1.29, 1.82) is 0 Å². The van der Waals surface area contributed by atoms with Gasteiger partial charge in [-0.15, -0.1) is 21.5 Å². The first kappa shape index (κ1) is 16.6. The topological polar surface area (TPSA) is 60.1 Å². The number of Topliss-reactive ketones (excluding diaryl/α,β-unsaturated/α-hetero) is 1. The second-order valence-electron chi connectivity index (χ2n) is 6.75. The highest BCUT2D eigenvalue weighted by molar-refractivity contribution is 7.10. The van der Waals surface area contributed by atoms with Crippen molar-refractivity contribution in [2.45, 2.75) is 25.7 Å². The second kappa shape index (κ2) is 6.25. The fourth-order valence-corrected chi connectivity index (χ4v) is 4.80. The van der Waals surface area contributed by atoms with Crippen LogP contribution in [0.1, 0.15) is 39.1 Å². The zero-order chi connectivity index (χ0) is 18.5. The number of aryl methyl sites for hydroxylation is 1. The van der Waals surface area contributed by atoms with Gasteiger partial charge >= 0.3 is 0 Å². The largest absolute Gasteiger partial charge is 0.292 e. The van der Waals surface area contributed by atoms with Gasteiger partial charge < -0.3 is 0 Å². The number of hydrogen-bond acceptors (Lipinski definition) is 5. The standard InChI is InChI=1S/C20H15ClN4OS/c1-11-18(12-4-2-5-14(21)8-12)20-23-22-19-15(25(20)24-11)9-13(10-16(19)26)17-6-3-7-27-17/h2-8,13H,9-10H2,1H3/t13-/m0/s1. The summed E-state index contributed by atoms with van der Waals surface area (Å²) < 4.78 is 1.80. The van der Waals surface area contributed by atoms with Crippen LogP contribution in [0.25, 0.3) is 16.8 Å². The van der Waals surface area contributed by atoms with E-state index in [9.17, 15) is 4.79 Å².